The first-order valence-electron chi connectivity index (χ1n) is 9.88. The van der Waals surface area contributed by atoms with Crippen LogP contribution in [0.5, 0.6) is 5.75 Å². The van der Waals surface area contributed by atoms with E-state index in [0.29, 0.717) is 16.5 Å². The summed E-state index contributed by atoms with van der Waals surface area (Å²) < 4.78 is 29.3. The summed E-state index contributed by atoms with van der Waals surface area (Å²) in [4.78, 5) is 2.39. The van der Waals surface area contributed by atoms with Gasteiger partial charge >= 0.3 is 0 Å². The second-order valence-corrected chi connectivity index (χ2v) is 7.73. The second-order valence-electron chi connectivity index (χ2n) is 7.73. The molecular weight excluding hydrogens is 360 g/mol. The molecule has 0 radical (unpaired) electrons. The molecule has 0 atom stereocenters. The maximum absolute atomic E-state index is 14.4. The summed E-state index contributed by atoms with van der Waals surface area (Å²) in [5.41, 5.74) is 2.34. The first-order chi connectivity index (χ1) is 13.5. The lowest BCUT2D eigenvalue weighted by atomic mass is 9.74. The molecule has 1 N–H and O–H groups in total. The van der Waals surface area contributed by atoms with Crippen LogP contribution in [0.4, 0.5) is 14.5 Å². The summed E-state index contributed by atoms with van der Waals surface area (Å²) in [6.45, 7) is 6.64. The van der Waals surface area contributed by atoms with Gasteiger partial charge in [0, 0.05) is 24.2 Å². The van der Waals surface area contributed by atoms with Crippen LogP contribution in [0.25, 0.3) is 16.6 Å². The van der Waals surface area contributed by atoms with E-state index in [1.54, 1.807) is 0 Å². The Bertz CT molecular complexity index is 983. The Hall–Kier alpha value is -2.63. The van der Waals surface area contributed by atoms with Gasteiger partial charge in [-0.25, -0.2) is 13.5 Å². The number of hydrogen-bond donors (Lipinski definition) is 1. The molecule has 6 heteroatoms. The van der Waals surface area contributed by atoms with Gasteiger partial charge in [0.05, 0.1) is 11.9 Å². The lowest BCUT2D eigenvalue weighted by molar-refractivity contribution is 0.199. The molecule has 0 unspecified atom stereocenters. The molecule has 0 spiro atoms. The first kappa shape index (κ1) is 18.7. The van der Waals surface area contributed by atoms with Gasteiger partial charge in [-0.3, -0.25) is 0 Å². The zero-order chi connectivity index (χ0) is 19.9. The fourth-order valence-electron chi connectivity index (χ4n) is 4.31. The Morgan fingerprint density at radius 2 is 1.64 bits per heavy atom. The molecule has 1 aliphatic rings. The van der Waals surface area contributed by atoms with Crippen molar-refractivity contribution < 1.29 is 13.9 Å². The van der Waals surface area contributed by atoms with Gasteiger partial charge in [-0.1, -0.05) is 26.7 Å². The van der Waals surface area contributed by atoms with E-state index in [-0.39, 0.29) is 5.52 Å². The van der Waals surface area contributed by atoms with Crippen molar-refractivity contribution in [2.24, 2.45) is 5.41 Å². The van der Waals surface area contributed by atoms with Gasteiger partial charge in [0.1, 0.15) is 5.52 Å². The van der Waals surface area contributed by atoms with Crippen molar-refractivity contribution in [1.29, 1.82) is 0 Å². The molecule has 0 bridgehead atoms. The zero-order valence-electron chi connectivity index (χ0n) is 16.3. The van der Waals surface area contributed by atoms with Crippen LogP contribution >= 0.6 is 0 Å². The third kappa shape index (κ3) is 3.01. The van der Waals surface area contributed by atoms with Crippen molar-refractivity contribution >= 4 is 16.6 Å². The number of halogens is 2. The molecule has 0 saturated carbocycles. The van der Waals surface area contributed by atoms with Gasteiger partial charge in [0.15, 0.2) is 17.4 Å². The van der Waals surface area contributed by atoms with Crippen LogP contribution in [0.3, 0.4) is 0 Å². The van der Waals surface area contributed by atoms with E-state index < -0.39 is 17.4 Å². The van der Waals surface area contributed by atoms with E-state index >= 15 is 0 Å². The summed E-state index contributed by atoms with van der Waals surface area (Å²) in [5.74, 6) is -2.96. The highest BCUT2D eigenvalue weighted by Gasteiger charge is 2.31. The van der Waals surface area contributed by atoms with E-state index in [4.69, 9.17) is 0 Å². The lowest BCUT2D eigenvalue weighted by Gasteiger charge is -2.42. The molecule has 3 aromatic rings. The van der Waals surface area contributed by atoms with E-state index in [0.717, 1.165) is 24.8 Å². The van der Waals surface area contributed by atoms with E-state index in [2.05, 4.69) is 23.8 Å². The Morgan fingerprint density at radius 3 is 2.25 bits per heavy atom. The highest BCUT2D eigenvalue weighted by molar-refractivity contribution is 5.82. The van der Waals surface area contributed by atoms with Crippen molar-refractivity contribution in [2.45, 2.75) is 39.5 Å². The van der Waals surface area contributed by atoms with E-state index in [1.807, 2.05) is 24.3 Å². The molecule has 1 aliphatic heterocycles. The monoisotopic (exact) mass is 385 g/mol. The number of piperidine rings is 1. The summed E-state index contributed by atoms with van der Waals surface area (Å²) >= 11 is 0. The Labute approximate surface area is 163 Å². The minimum Gasteiger partial charge on any atom is -0.503 e. The molecule has 1 fully saturated rings. The van der Waals surface area contributed by atoms with Crippen molar-refractivity contribution in [2.75, 3.05) is 18.0 Å². The molecule has 2 aromatic carbocycles. The molecule has 0 amide bonds. The zero-order valence-corrected chi connectivity index (χ0v) is 16.3. The van der Waals surface area contributed by atoms with Crippen LogP contribution in [-0.4, -0.2) is 28.0 Å². The molecule has 4 nitrogen and oxygen atoms in total. The van der Waals surface area contributed by atoms with Crippen LogP contribution < -0.4 is 4.90 Å². The van der Waals surface area contributed by atoms with Crippen molar-refractivity contribution in [3.05, 3.63) is 48.2 Å². The minimum atomic E-state index is -0.997. The number of fused-ring (bicyclic) bond motifs is 1. The van der Waals surface area contributed by atoms with Crippen LogP contribution in [-0.2, 0) is 0 Å². The number of anilines is 1. The summed E-state index contributed by atoms with van der Waals surface area (Å²) in [6.07, 6.45) is 6.24. The number of aromatic hydroxyl groups is 1. The van der Waals surface area contributed by atoms with Crippen molar-refractivity contribution in [3.8, 4) is 11.4 Å². The fourth-order valence-corrected chi connectivity index (χ4v) is 4.31. The second kappa shape index (κ2) is 7.08. The lowest BCUT2D eigenvalue weighted by Crippen LogP contribution is -2.39. The fraction of sp³-hybridized carbons (Fsp3) is 0.409. The third-order valence-electron chi connectivity index (χ3n) is 6.51. The Morgan fingerprint density at radius 1 is 1.04 bits per heavy atom. The van der Waals surface area contributed by atoms with Gasteiger partial charge in [0.2, 0.25) is 0 Å². The number of phenolic OH excluding ortho intramolecular Hbond substituents is 1. The van der Waals surface area contributed by atoms with Gasteiger partial charge in [-0.2, -0.15) is 5.10 Å². The molecule has 1 aromatic heterocycles. The summed E-state index contributed by atoms with van der Waals surface area (Å²) in [7, 11) is 0. The predicted molar refractivity (Wildman–Crippen MR) is 107 cm³/mol. The molecule has 1 saturated heterocycles. The quantitative estimate of drug-likeness (QED) is 0.652. The number of aromatic nitrogens is 2. The molecule has 28 heavy (non-hydrogen) atoms. The molecular formula is C22H25F2N3O. The van der Waals surface area contributed by atoms with Crippen LogP contribution in [0.1, 0.15) is 39.5 Å². The average Bonchev–Trinajstić information content (AvgIpc) is 3.16. The first-order valence-corrected chi connectivity index (χ1v) is 9.88. The van der Waals surface area contributed by atoms with Crippen molar-refractivity contribution in [1.82, 2.24) is 9.78 Å². The largest absolute Gasteiger partial charge is 0.503 e. The standard InChI is InChI=1S/C22H25F2N3O/c1-3-22(4-2)9-11-26(12-10-22)16-5-7-17(8-6-16)27-20-15(14-25-27)13-18(23)21(28)19(20)24/h5-8,13-14,28H,3-4,9-12H2,1-2H3. The molecule has 4 rings (SSSR count). The van der Waals surface area contributed by atoms with Gasteiger partial charge in [0.25, 0.3) is 0 Å². The number of hydrogen-bond acceptors (Lipinski definition) is 3. The molecule has 148 valence electrons. The average molecular weight is 385 g/mol. The highest BCUT2D eigenvalue weighted by atomic mass is 19.1. The van der Waals surface area contributed by atoms with E-state index in [1.165, 1.54) is 36.6 Å². The number of benzene rings is 2. The van der Waals surface area contributed by atoms with Crippen LogP contribution in [0, 0.1) is 17.0 Å². The maximum Gasteiger partial charge on any atom is 0.194 e. The van der Waals surface area contributed by atoms with Crippen molar-refractivity contribution in [3.63, 3.8) is 0 Å². The minimum absolute atomic E-state index is 0.0697. The summed E-state index contributed by atoms with van der Waals surface area (Å²) in [5, 5.41) is 14.1. The van der Waals surface area contributed by atoms with Gasteiger partial charge in [-0.05, 0) is 48.6 Å². The van der Waals surface area contributed by atoms with Gasteiger partial charge < -0.3 is 10.0 Å². The van der Waals surface area contributed by atoms with E-state index in [9.17, 15) is 13.9 Å². The highest BCUT2D eigenvalue weighted by Crippen LogP contribution is 2.39. The number of phenols is 1. The number of nitrogens with zero attached hydrogens (tertiary/aromatic N) is 3. The smallest absolute Gasteiger partial charge is 0.194 e. The van der Waals surface area contributed by atoms with Gasteiger partial charge in [-0.15, -0.1) is 0 Å². The summed E-state index contributed by atoms with van der Waals surface area (Å²) in [6, 6.07) is 8.86. The SMILES string of the molecule is CCC1(CC)CCN(c2ccc(-n3ncc4cc(F)c(O)c(F)c43)cc2)CC1. The third-order valence-corrected chi connectivity index (χ3v) is 6.51. The maximum atomic E-state index is 14.4. The Balaban J connectivity index is 1.60. The molecule has 2 heterocycles. The molecule has 0 aliphatic carbocycles. The normalized spacial score (nSPS) is 16.6. The predicted octanol–water partition coefficient (Wildman–Crippen LogP) is 5.42. The number of rotatable bonds is 4. The Kier molecular flexibility index (Phi) is 4.73. The van der Waals surface area contributed by atoms with Crippen LogP contribution in [0.2, 0.25) is 0 Å². The van der Waals surface area contributed by atoms with Crippen LogP contribution in [0.15, 0.2) is 36.5 Å². The topological polar surface area (TPSA) is 41.3 Å².